The van der Waals surface area contributed by atoms with Crippen molar-refractivity contribution in [3.8, 4) is 0 Å². The van der Waals surface area contributed by atoms with Crippen molar-refractivity contribution in [1.82, 2.24) is 5.32 Å². The summed E-state index contributed by atoms with van der Waals surface area (Å²) in [5.41, 5.74) is 0.183. The second kappa shape index (κ2) is 3.57. The first-order valence-electron chi connectivity index (χ1n) is 4.80. The third-order valence-corrected chi connectivity index (χ3v) is 2.14. The highest BCUT2D eigenvalue weighted by Gasteiger charge is 2.20. The fourth-order valence-corrected chi connectivity index (χ4v) is 1.76. The van der Waals surface area contributed by atoms with E-state index < -0.39 is 0 Å². The lowest BCUT2D eigenvalue weighted by molar-refractivity contribution is 0.287. The minimum atomic E-state index is 0.183. The zero-order chi connectivity index (χ0) is 8.32. The molecule has 1 aliphatic carbocycles. The van der Waals surface area contributed by atoms with Crippen molar-refractivity contribution < 1.29 is 0 Å². The number of hydrogen-bond acceptors (Lipinski definition) is 0. The van der Waals surface area contributed by atoms with Crippen molar-refractivity contribution in [1.29, 1.82) is 0 Å². The van der Waals surface area contributed by atoms with Crippen LogP contribution < -0.4 is 5.32 Å². The van der Waals surface area contributed by atoms with E-state index in [0.717, 1.165) is 0 Å². The monoisotopic (exact) mass is 154 g/mol. The summed E-state index contributed by atoms with van der Waals surface area (Å²) < 4.78 is 0. The Balaban J connectivity index is 2.24. The number of rotatable bonds is 1. The molecule has 1 heteroatoms. The van der Waals surface area contributed by atoms with E-state index in [2.05, 4.69) is 20.8 Å². The van der Waals surface area contributed by atoms with Crippen molar-refractivity contribution in [2.24, 2.45) is 0 Å². The molecule has 0 aromatic heterocycles. The molecule has 0 heterocycles. The van der Waals surface area contributed by atoms with E-state index in [-0.39, 0.29) is 5.54 Å². The molecule has 0 spiro atoms. The molecular weight excluding hydrogens is 134 g/mol. The lowest BCUT2D eigenvalue weighted by atomic mass is 9.93. The molecule has 0 unspecified atom stereocenters. The van der Waals surface area contributed by atoms with Gasteiger partial charge in [0.15, 0.2) is 0 Å². The van der Waals surface area contributed by atoms with Crippen molar-refractivity contribution >= 4 is 0 Å². The van der Waals surface area contributed by atoms with Crippen LogP contribution in [0.4, 0.5) is 0 Å². The first-order chi connectivity index (χ1) is 5.08. The smallest absolute Gasteiger partial charge is 0.0275 e. The summed E-state index contributed by atoms with van der Waals surface area (Å²) in [7, 11) is 0. The van der Waals surface area contributed by atoms with Crippen molar-refractivity contribution in [2.45, 2.75) is 64.5 Å². The van der Waals surface area contributed by atoms with Crippen molar-refractivity contribution in [2.75, 3.05) is 0 Å². The Labute approximate surface area is 70.6 Å². The number of nitrogens with zero attached hydrogens (tertiary/aromatic N) is 1. The molecule has 1 nitrogen and oxygen atoms in total. The average Bonchev–Trinajstić information content (AvgIpc) is 1.85. The molecule has 1 rings (SSSR count). The van der Waals surface area contributed by atoms with Gasteiger partial charge in [-0.2, -0.15) is 0 Å². The summed E-state index contributed by atoms with van der Waals surface area (Å²) in [5.74, 6) is 0. The highest BCUT2D eigenvalue weighted by molar-refractivity contribution is 4.79. The molecule has 1 radical (unpaired) electrons. The minimum Gasteiger partial charge on any atom is -0.233 e. The van der Waals surface area contributed by atoms with Crippen LogP contribution in [0.3, 0.4) is 0 Å². The van der Waals surface area contributed by atoms with Gasteiger partial charge in [-0.25, -0.2) is 5.32 Å². The summed E-state index contributed by atoms with van der Waals surface area (Å²) in [6.07, 6.45) is 6.87. The van der Waals surface area contributed by atoms with Gasteiger partial charge < -0.3 is 0 Å². The summed E-state index contributed by atoms with van der Waals surface area (Å²) >= 11 is 0. The zero-order valence-corrected chi connectivity index (χ0v) is 8.06. The lowest BCUT2D eigenvalue weighted by Crippen LogP contribution is -2.37. The van der Waals surface area contributed by atoms with Crippen LogP contribution in [-0.4, -0.2) is 11.6 Å². The summed E-state index contributed by atoms with van der Waals surface area (Å²) in [6.45, 7) is 6.59. The van der Waals surface area contributed by atoms with Gasteiger partial charge in [-0.1, -0.05) is 19.3 Å². The third-order valence-electron chi connectivity index (χ3n) is 2.14. The molecule has 0 aromatic carbocycles. The summed E-state index contributed by atoms with van der Waals surface area (Å²) in [6, 6.07) is 0.670. The second-order valence-corrected chi connectivity index (χ2v) is 4.59. The van der Waals surface area contributed by atoms with Gasteiger partial charge in [0.2, 0.25) is 0 Å². The maximum Gasteiger partial charge on any atom is 0.0275 e. The Morgan fingerprint density at radius 3 is 2.00 bits per heavy atom. The molecule has 1 saturated carbocycles. The van der Waals surface area contributed by atoms with Gasteiger partial charge in [0, 0.05) is 11.6 Å². The highest BCUT2D eigenvalue weighted by atomic mass is 15.0. The summed E-state index contributed by atoms with van der Waals surface area (Å²) in [5, 5.41) is 4.77. The molecule has 0 saturated heterocycles. The van der Waals surface area contributed by atoms with Crippen LogP contribution in [0, 0.1) is 0 Å². The Kier molecular flexibility index (Phi) is 2.94. The van der Waals surface area contributed by atoms with Gasteiger partial charge in [0.1, 0.15) is 0 Å². The largest absolute Gasteiger partial charge is 0.233 e. The van der Waals surface area contributed by atoms with E-state index in [1.54, 1.807) is 0 Å². The molecule has 1 aliphatic rings. The number of hydrogen-bond donors (Lipinski definition) is 0. The average molecular weight is 154 g/mol. The van der Waals surface area contributed by atoms with Gasteiger partial charge in [-0.15, -0.1) is 0 Å². The molecule has 0 aliphatic heterocycles. The molecule has 1 fully saturated rings. The normalized spacial score (nSPS) is 22.1. The van der Waals surface area contributed by atoms with E-state index in [0.29, 0.717) is 6.04 Å². The van der Waals surface area contributed by atoms with E-state index in [1.807, 2.05) is 0 Å². The standard InChI is InChI=1S/C10H20N/c1-10(2,3)11-9-7-5-4-6-8-9/h9H,4-8H2,1-3H3. The van der Waals surface area contributed by atoms with Crippen LogP contribution in [0.25, 0.3) is 0 Å². The third kappa shape index (κ3) is 3.76. The van der Waals surface area contributed by atoms with E-state index in [9.17, 15) is 0 Å². The Morgan fingerprint density at radius 2 is 1.55 bits per heavy atom. The van der Waals surface area contributed by atoms with Crippen LogP contribution in [-0.2, 0) is 0 Å². The maximum atomic E-state index is 4.77. The molecular formula is C10H20N. The molecule has 0 amide bonds. The van der Waals surface area contributed by atoms with Crippen molar-refractivity contribution in [3.63, 3.8) is 0 Å². The highest BCUT2D eigenvalue weighted by Crippen LogP contribution is 2.20. The van der Waals surface area contributed by atoms with E-state index >= 15 is 0 Å². The fourth-order valence-electron chi connectivity index (χ4n) is 1.76. The van der Waals surface area contributed by atoms with Gasteiger partial charge in [0.05, 0.1) is 0 Å². The predicted molar refractivity (Wildman–Crippen MR) is 48.8 cm³/mol. The molecule has 0 aromatic rings. The first kappa shape index (κ1) is 9.05. The van der Waals surface area contributed by atoms with Gasteiger partial charge in [-0.05, 0) is 33.6 Å². The minimum absolute atomic E-state index is 0.183. The first-order valence-corrected chi connectivity index (χ1v) is 4.80. The lowest BCUT2D eigenvalue weighted by Gasteiger charge is -2.28. The fraction of sp³-hybridized carbons (Fsp3) is 1.00. The Bertz CT molecular complexity index is 107. The van der Waals surface area contributed by atoms with Crippen LogP contribution >= 0.6 is 0 Å². The van der Waals surface area contributed by atoms with Crippen LogP contribution in [0.1, 0.15) is 52.9 Å². The van der Waals surface area contributed by atoms with Crippen LogP contribution in [0.5, 0.6) is 0 Å². The van der Waals surface area contributed by atoms with Gasteiger partial charge in [-0.3, -0.25) is 0 Å². The molecule has 65 valence electrons. The van der Waals surface area contributed by atoms with Gasteiger partial charge in [0.25, 0.3) is 0 Å². The van der Waals surface area contributed by atoms with Crippen LogP contribution in [0.15, 0.2) is 0 Å². The van der Waals surface area contributed by atoms with Crippen molar-refractivity contribution in [3.05, 3.63) is 0 Å². The van der Waals surface area contributed by atoms with Gasteiger partial charge >= 0.3 is 0 Å². The quantitative estimate of drug-likeness (QED) is 0.551. The van der Waals surface area contributed by atoms with E-state index in [4.69, 9.17) is 5.32 Å². The van der Waals surface area contributed by atoms with E-state index in [1.165, 1.54) is 32.1 Å². The topological polar surface area (TPSA) is 14.1 Å². The Hall–Kier alpha value is -0.0400. The predicted octanol–water partition coefficient (Wildman–Crippen LogP) is 2.72. The zero-order valence-electron chi connectivity index (χ0n) is 8.06. The second-order valence-electron chi connectivity index (χ2n) is 4.59. The molecule has 11 heavy (non-hydrogen) atoms. The summed E-state index contributed by atoms with van der Waals surface area (Å²) in [4.78, 5) is 0. The SMILES string of the molecule is CC(C)(C)[N]C1CCCCC1. The molecule has 0 bridgehead atoms. The molecule has 0 N–H and O–H groups in total. The maximum absolute atomic E-state index is 4.77. The van der Waals surface area contributed by atoms with Crippen LogP contribution in [0.2, 0.25) is 0 Å². The Morgan fingerprint density at radius 1 is 1.00 bits per heavy atom. The molecule has 0 atom stereocenters.